The molecule has 5 heteroatoms. The fraction of sp³-hybridized carbons (Fsp3) is 0.667. The van der Waals surface area contributed by atoms with Gasteiger partial charge in [-0.05, 0) is 56.6 Å². The summed E-state index contributed by atoms with van der Waals surface area (Å²) >= 11 is 6.09. The van der Waals surface area contributed by atoms with Crippen LogP contribution in [-0.4, -0.2) is 73.9 Å². The summed E-state index contributed by atoms with van der Waals surface area (Å²) in [4.78, 5) is 7.50. The molecule has 23 heavy (non-hydrogen) atoms. The van der Waals surface area contributed by atoms with E-state index in [9.17, 15) is 5.11 Å². The molecule has 2 aliphatic heterocycles. The Kier molecular flexibility index (Phi) is 6.17. The van der Waals surface area contributed by atoms with Crippen molar-refractivity contribution in [3.63, 3.8) is 0 Å². The van der Waals surface area contributed by atoms with Crippen LogP contribution >= 0.6 is 11.6 Å². The zero-order chi connectivity index (χ0) is 16.1. The number of benzene rings is 1. The summed E-state index contributed by atoms with van der Waals surface area (Å²) in [6.07, 6.45) is 2.39. The fourth-order valence-corrected chi connectivity index (χ4v) is 3.87. The van der Waals surface area contributed by atoms with Gasteiger partial charge >= 0.3 is 0 Å². The second kappa shape index (κ2) is 8.34. The van der Waals surface area contributed by atoms with Crippen molar-refractivity contribution in [2.45, 2.75) is 12.8 Å². The molecule has 128 valence electrons. The maximum absolute atomic E-state index is 9.20. The van der Waals surface area contributed by atoms with Gasteiger partial charge in [-0.1, -0.05) is 17.7 Å². The zero-order valence-electron chi connectivity index (χ0n) is 13.8. The van der Waals surface area contributed by atoms with E-state index in [0.29, 0.717) is 12.5 Å². The molecule has 0 aromatic heterocycles. The van der Waals surface area contributed by atoms with Crippen LogP contribution in [0.4, 0.5) is 5.69 Å². The lowest BCUT2D eigenvalue weighted by Crippen LogP contribution is -2.47. The highest BCUT2D eigenvalue weighted by Gasteiger charge is 2.22. The number of halogens is 1. The highest BCUT2D eigenvalue weighted by Crippen LogP contribution is 2.21. The Hall–Kier alpha value is -0.810. The second-order valence-electron chi connectivity index (χ2n) is 6.80. The third-order valence-electron chi connectivity index (χ3n) is 5.12. The topological polar surface area (TPSA) is 30.0 Å². The van der Waals surface area contributed by atoms with E-state index < -0.39 is 0 Å². The van der Waals surface area contributed by atoms with Crippen LogP contribution in [0.3, 0.4) is 0 Å². The predicted octanol–water partition coefficient (Wildman–Crippen LogP) is 2.17. The minimum absolute atomic E-state index is 0.349. The van der Waals surface area contributed by atoms with Crippen molar-refractivity contribution >= 4 is 17.3 Å². The van der Waals surface area contributed by atoms with E-state index in [1.165, 1.54) is 25.2 Å². The van der Waals surface area contributed by atoms with Crippen LogP contribution in [0.15, 0.2) is 24.3 Å². The van der Waals surface area contributed by atoms with E-state index in [4.69, 9.17) is 11.6 Å². The second-order valence-corrected chi connectivity index (χ2v) is 7.24. The SMILES string of the molecule is OC[C@H]1CCN(CCCN2CCN(c3cccc(Cl)c3)CC2)C1. The summed E-state index contributed by atoms with van der Waals surface area (Å²) in [7, 11) is 0. The molecule has 2 heterocycles. The van der Waals surface area contributed by atoms with E-state index in [0.717, 1.165) is 50.7 Å². The molecule has 3 rings (SSSR count). The normalized spacial score (nSPS) is 23.6. The molecule has 2 saturated heterocycles. The van der Waals surface area contributed by atoms with Crippen LogP contribution in [0, 0.1) is 5.92 Å². The highest BCUT2D eigenvalue weighted by molar-refractivity contribution is 6.30. The third kappa shape index (κ3) is 4.83. The summed E-state index contributed by atoms with van der Waals surface area (Å²) in [5.41, 5.74) is 1.24. The molecule has 0 saturated carbocycles. The summed E-state index contributed by atoms with van der Waals surface area (Å²) in [6, 6.07) is 8.16. The number of aliphatic hydroxyl groups excluding tert-OH is 1. The van der Waals surface area contributed by atoms with Crippen molar-refractivity contribution < 1.29 is 5.11 Å². The first-order chi connectivity index (χ1) is 11.2. The number of rotatable bonds is 6. The van der Waals surface area contributed by atoms with Crippen molar-refractivity contribution in [2.75, 3.05) is 63.9 Å². The van der Waals surface area contributed by atoms with Gasteiger partial charge in [0.25, 0.3) is 0 Å². The number of aliphatic hydroxyl groups is 1. The van der Waals surface area contributed by atoms with E-state index in [2.05, 4.69) is 26.8 Å². The standard InChI is InChI=1S/C18H28ClN3O/c19-17-3-1-4-18(13-17)22-11-9-20(10-12-22)6-2-7-21-8-5-16(14-21)15-23/h1,3-4,13,16,23H,2,5-12,14-15H2/t16-/m0/s1. The van der Waals surface area contributed by atoms with E-state index in [1.54, 1.807) is 0 Å². The van der Waals surface area contributed by atoms with Crippen molar-refractivity contribution in [2.24, 2.45) is 5.92 Å². The molecule has 4 nitrogen and oxygen atoms in total. The van der Waals surface area contributed by atoms with Gasteiger partial charge in [-0.15, -0.1) is 0 Å². The number of hydrogen-bond acceptors (Lipinski definition) is 4. The zero-order valence-corrected chi connectivity index (χ0v) is 14.6. The third-order valence-corrected chi connectivity index (χ3v) is 5.36. The molecular weight excluding hydrogens is 310 g/mol. The molecule has 0 amide bonds. The molecular formula is C18H28ClN3O. The Labute approximate surface area is 144 Å². The molecule has 0 spiro atoms. The Balaban J connectivity index is 1.35. The smallest absolute Gasteiger partial charge is 0.0471 e. The maximum Gasteiger partial charge on any atom is 0.0471 e. The first-order valence-electron chi connectivity index (χ1n) is 8.80. The van der Waals surface area contributed by atoms with E-state index in [1.807, 2.05) is 12.1 Å². The first kappa shape index (κ1) is 17.0. The Morgan fingerprint density at radius 2 is 1.83 bits per heavy atom. The number of nitrogens with zero attached hydrogens (tertiary/aromatic N) is 3. The lowest BCUT2D eigenvalue weighted by atomic mass is 10.1. The van der Waals surface area contributed by atoms with Gasteiger partial charge in [-0.2, -0.15) is 0 Å². The summed E-state index contributed by atoms with van der Waals surface area (Å²) < 4.78 is 0. The molecule has 2 fully saturated rings. The minimum atomic E-state index is 0.349. The largest absolute Gasteiger partial charge is 0.396 e. The number of hydrogen-bond donors (Lipinski definition) is 1. The molecule has 2 aliphatic rings. The van der Waals surface area contributed by atoms with Crippen LogP contribution in [0.5, 0.6) is 0 Å². The molecule has 1 atom stereocenters. The van der Waals surface area contributed by atoms with E-state index >= 15 is 0 Å². The number of anilines is 1. The minimum Gasteiger partial charge on any atom is -0.396 e. The maximum atomic E-state index is 9.20. The first-order valence-corrected chi connectivity index (χ1v) is 9.18. The molecule has 1 N–H and O–H groups in total. The lowest BCUT2D eigenvalue weighted by Gasteiger charge is -2.36. The summed E-state index contributed by atoms with van der Waals surface area (Å²) in [6.45, 7) is 9.37. The molecule has 1 aromatic rings. The number of piperazine rings is 1. The Morgan fingerprint density at radius 3 is 2.52 bits per heavy atom. The Bertz CT molecular complexity index is 491. The average molecular weight is 338 g/mol. The predicted molar refractivity (Wildman–Crippen MR) is 96.4 cm³/mol. The van der Waals surface area contributed by atoms with Crippen LogP contribution in [0.1, 0.15) is 12.8 Å². The monoisotopic (exact) mass is 337 g/mol. The van der Waals surface area contributed by atoms with Gasteiger partial charge in [0.05, 0.1) is 0 Å². The molecule has 0 radical (unpaired) electrons. The fourth-order valence-electron chi connectivity index (χ4n) is 3.69. The van der Waals surface area contributed by atoms with Crippen molar-refractivity contribution in [3.8, 4) is 0 Å². The van der Waals surface area contributed by atoms with Crippen LogP contribution in [-0.2, 0) is 0 Å². The van der Waals surface area contributed by atoms with Crippen LogP contribution in [0.25, 0.3) is 0 Å². The Morgan fingerprint density at radius 1 is 1.04 bits per heavy atom. The lowest BCUT2D eigenvalue weighted by molar-refractivity contribution is 0.211. The van der Waals surface area contributed by atoms with Crippen molar-refractivity contribution in [1.29, 1.82) is 0 Å². The van der Waals surface area contributed by atoms with Gasteiger partial charge in [0.15, 0.2) is 0 Å². The quantitative estimate of drug-likeness (QED) is 0.861. The van der Waals surface area contributed by atoms with E-state index in [-0.39, 0.29) is 0 Å². The highest BCUT2D eigenvalue weighted by atomic mass is 35.5. The summed E-state index contributed by atoms with van der Waals surface area (Å²) in [5, 5.41) is 10.0. The van der Waals surface area contributed by atoms with Gasteiger partial charge in [-0.3, -0.25) is 4.90 Å². The molecule has 1 aromatic carbocycles. The molecule has 0 bridgehead atoms. The van der Waals surface area contributed by atoms with Crippen LogP contribution in [0.2, 0.25) is 5.02 Å². The van der Waals surface area contributed by atoms with Gasteiger partial charge in [0.1, 0.15) is 0 Å². The van der Waals surface area contributed by atoms with Gasteiger partial charge < -0.3 is 14.9 Å². The summed E-state index contributed by atoms with van der Waals surface area (Å²) in [5.74, 6) is 0.510. The average Bonchev–Trinajstić information content (AvgIpc) is 3.03. The van der Waals surface area contributed by atoms with Crippen molar-refractivity contribution in [3.05, 3.63) is 29.3 Å². The van der Waals surface area contributed by atoms with Gasteiger partial charge in [-0.25, -0.2) is 0 Å². The van der Waals surface area contributed by atoms with Gasteiger partial charge in [0.2, 0.25) is 0 Å². The number of likely N-dealkylation sites (tertiary alicyclic amines) is 1. The molecule has 0 aliphatic carbocycles. The van der Waals surface area contributed by atoms with Crippen LogP contribution < -0.4 is 4.90 Å². The van der Waals surface area contributed by atoms with Crippen molar-refractivity contribution in [1.82, 2.24) is 9.80 Å². The van der Waals surface area contributed by atoms with Gasteiger partial charge in [0, 0.05) is 50.0 Å². The molecule has 0 unspecified atom stereocenters.